The number of carboxylic acid groups (broad SMARTS) is 1. The Morgan fingerprint density at radius 1 is 0.906 bits per heavy atom. The van der Waals surface area contributed by atoms with Crippen molar-refractivity contribution in [3.8, 4) is 0 Å². The quantitative estimate of drug-likeness (QED) is 0.120. The number of aliphatic carboxylic acids is 1. The van der Waals surface area contributed by atoms with E-state index in [0.29, 0.717) is 16.8 Å². The molecule has 1 aliphatic heterocycles. The number of sulfonamides is 2. The van der Waals surface area contributed by atoms with E-state index in [2.05, 4.69) is 20.3 Å². The number of nitrogens with zero attached hydrogens (tertiary/aromatic N) is 2. The van der Waals surface area contributed by atoms with Crippen molar-refractivity contribution in [2.45, 2.75) is 55.2 Å². The highest BCUT2D eigenvalue weighted by Crippen LogP contribution is 2.31. The average Bonchev–Trinajstić information content (AvgIpc) is 3.54. The molecule has 0 radical (unpaired) electrons. The van der Waals surface area contributed by atoms with E-state index in [-0.39, 0.29) is 29.3 Å². The third-order valence-corrected chi connectivity index (χ3v) is 12.9. The zero-order valence-electron chi connectivity index (χ0n) is 29.4. The Morgan fingerprint density at radius 3 is 2.25 bits per heavy atom. The van der Waals surface area contributed by atoms with E-state index in [1.165, 1.54) is 4.31 Å². The molecule has 1 fully saturated rings. The Balaban J connectivity index is 1.13. The van der Waals surface area contributed by atoms with Crippen LogP contribution in [0.3, 0.4) is 0 Å². The fourth-order valence-corrected chi connectivity index (χ4v) is 10.2. The number of pyridine rings is 1. The first-order valence-electron chi connectivity index (χ1n) is 17.0. The first kappa shape index (κ1) is 37.8. The molecule has 6 rings (SSSR count). The Hall–Kier alpha value is -4.93. The monoisotopic (exact) mass is 759 g/mol. The molecule has 278 valence electrons. The Bertz CT molecular complexity index is 2370. The summed E-state index contributed by atoms with van der Waals surface area (Å²) >= 11 is 0. The van der Waals surface area contributed by atoms with E-state index < -0.39 is 63.3 Å². The lowest BCUT2D eigenvalue weighted by molar-refractivity contribution is -0.139. The third kappa shape index (κ3) is 8.66. The van der Waals surface area contributed by atoms with Gasteiger partial charge in [-0.25, -0.2) is 16.8 Å². The number of hydrogen-bond acceptors (Lipinski definition) is 9. The summed E-state index contributed by atoms with van der Waals surface area (Å²) in [4.78, 5) is 29.1. The van der Waals surface area contributed by atoms with Crippen LogP contribution in [0.2, 0.25) is 0 Å². The number of benzene rings is 4. The summed E-state index contributed by atoms with van der Waals surface area (Å²) < 4.78 is 64.2. The topological polar surface area (TPSA) is 184 Å². The van der Waals surface area contributed by atoms with Gasteiger partial charge < -0.3 is 20.5 Å². The van der Waals surface area contributed by atoms with Crippen LogP contribution in [0.25, 0.3) is 21.5 Å². The number of hydrogen-bond donors (Lipinski definition) is 4. The number of amides is 1. The lowest BCUT2D eigenvalue weighted by atomic mass is 10.0. The molecule has 3 atom stereocenters. The van der Waals surface area contributed by atoms with Crippen molar-refractivity contribution in [3.63, 3.8) is 0 Å². The van der Waals surface area contributed by atoms with Gasteiger partial charge in [-0.1, -0.05) is 48.0 Å². The summed E-state index contributed by atoms with van der Waals surface area (Å²) in [5.41, 5.74) is 2.50. The molecule has 1 aromatic heterocycles. The van der Waals surface area contributed by atoms with Crippen LogP contribution in [-0.4, -0.2) is 87.5 Å². The maximum absolute atomic E-state index is 14.2. The highest BCUT2D eigenvalue weighted by molar-refractivity contribution is 7.89. The molecular weight excluding hydrogens is 719 g/mol. The minimum Gasteiger partial charge on any atom is -0.480 e. The van der Waals surface area contributed by atoms with Crippen molar-refractivity contribution in [2.75, 3.05) is 31.6 Å². The number of ether oxygens (including phenoxy) is 1. The molecule has 4 N–H and O–H groups in total. The first-order chi connectivity index (χ1) is 25.2. The third-order valence-electron chi connectivity index (χ3n) is 9.23. The molecule has 53 heavy (non-hydrogen) atoms. The lowest BCUT2D eigenvalue weighted by Crippen LogP contribution is -2.49. The molecule has 15 heteroatoms. The highest BCUT2D eigenvalue weighted by Gasteiger charge is 2.41. The molecule has 1 amide bonds. The first-order valence-corrected chi connectivity index (χ1v) is 19.9. The molecule has 0 saturated carbocycles. The van der Waals surface area contributed by atoms with E-state index in [1.807, 2.05) is 49.4 Å². The van der Waals surface area contributed by atoms with Gasteiger partial charge in [0.05, 0.1) is 21.6 Å². The predicted molar refractivity (Wildman–Crippen MR) is 202 cm³/mol. The summed E-state index contributed by atoms with van der Waals surface area (Å²) in [6.45, 7) is 4.26. The molecule has 13 nitrogen and oxygen atoms in total. The molecule has 3 unspecified atom stereocenters. The molecule has 1 aliphatic rings. The van der Waals surface area contributed by atoms with Crippen molar-refractivity contribution >= 4 is 59.2 Å². The average molecular weight is 760 g/mol. The minimum atomic E-state index is -4.24. The lowest BCUT2D eigenvalue weighted by Gasteiger charge is -2.24. The molecule has 5 aromatic rings. The minimum absolute atomic E-state index is 0.0190. The number of aromatic nitrogens is 1. The zero-order chi connectivity index (χ0) is 37.9. The Morgan fingerprint density at radius 2 is 1.58 bits per heavy atom. The van der Waals surface area contributed by atoms with E-state index >= 15 is 0 Å². The van der Waals surface area contributed by atoms with Crippen molar-refractivity contribution in [1.82, 2.24) is 19.3 Å². The second-order valence-corrected chi connectivity index (χ2v) is 16.8. The standard InChI is InChI=1S/C38H41N5O8S2/c1-24-13-25(2)37(26(3)14-24)52(47,48)42-35(38(45)46)21-41-36(44)23-51-33-18-32(20-40-31-9-6-12-39-19-31)43(22-33)53(49,50)34-11-10-29-15-27-7-4-5-8-28(27)16-30(29)17-34/h4-17,19,32-33,35,40,42H,18,20-23H2,1-3H3,(H,41,44)(H,45,46). The fourth-order valence-electron chi connectivity index (χ4n) is 6.84. The van der Waals surface area contributed by atoms with E-state index in [4.69, 9.17) is 4.74 Å². The van der Waals surface area contributed by atoms with Gasteiger partial charge in [0.1, 0.15) is 12.6 Å². The number of rotatable bonds is 14. The van der Waals surface area contributed by atoms with Gasteiger partial charge in [-0.3, -0.25) is 14.6 Å². The molecule has 2 heterocycles. The summed E-state index contributed by atoms with van der Waals surface area (Å²) in [7, 11) is -8.26. The van der Waals surface area contributed by atoms with Crippen LogP contribution in [0.5, 0.6) is 0 Å². The van der Waals surface area contributed by atoms with Gasteiger partial charge in [0.15, 0.2) is 0 Å². The van der Waals surface area contributed by atoms with Gasteiger partial charge in [-0.05, 0) is 96.3 Å². The van der Waals surface area contributed by atoms with Gasteiger partial charge in [0.2, 0.25) is 26.0 Å². The molecule has 0 bridgehead atoms. The second-order valence-electron chi connectivity index (χ2n) is 13.3. The molecule has 0 spiro atoms. The summed E-state index contributed by atoms with van der Waals surface area (Å²) in [5, 5.41) is 19.2. The van der Waals surface area contributed by atoms with Crippen molar-refractivity contribution in [3.05, 3.63) is 108 Å². The van der Waals surface area contributed by atoms with Gasteiger partial charge in [-0.2, -0.15) is 9.03 Å². The van der Waals surface area contributed by atoms with E-state index in [9.17, 15) is 31.5 Å². The van der Waals surface area contributed by atoms with Crippen LogP contribution < -0.4 is 15.4 Å². The number of carbonyl (C=O) groups excluding carboxylic acids is 1. The summed E-state index contributed by atoms with van der Waals surface area (Å²) in [6.07, 6.45) is 2.87. The van der Waals surface area contributed by atoms with Gasteiger partial charge in [-0.15, -0.1) is 0 Å². The number of aryl methyl sites for hydroxylation is 3. The van der Waals surface area contributed by atoms with Crippen LogP contribution in [0.15, 0.2) is 101 Å². The number of carboxylic acids is 1. The number of nitrogens with one attached hydrogen (secondary N) is 3. The van der Waals surface area contributed by atoms with Crippen LogP contribution in [0.4, 0.5) is 5.69 Å². The van der Waals surface area contributed by atoms with Crippen molar-refractivity contribution in [1.29, 1.82) is 0 Å². The van der Waals surface area contributed by atoms with Gasteiger partial charge in [0, 0.05) is 38.1 Å². The summed E-state index contributed by atoms with van der Waals surface area (Å²) in [5.74, 6) is -2.16. The normalized spacial score (nSPS) is 17.2. The number of carbonyl (C=O) groups is 2. The van der Waals surface area contributed by atoms with Crippen molar-refractivity contribution in [2.24, 2.45) is 0 Å². The van der Waals surface area contributed by atoms with Crippen LogP contribution in [0, 0.1) is 20.8 Å². The smallest absolute Gasteiger partial charge is 0.323 e. The van der Waals surface area contributed by atoms with Crippen LogP contribution in [0.1, 0.15) is 23.1 Å². The number of fused-ring (bicyclic) bond motifs is 2. The van der Waals surface area contributed by atoms with E-state index in [0.717, 1.165) is 27.1 Å². The van der Waals surface area contributed by atoms with Gasteiger partial charge >= 0.3 is 5.97 Å². The molecular formula is C38H41N5O8S2. The van der Waals surface area contributed by atoms with E-state index in [1.54, 1.807) is 62.6 Å². The highest BCUT2D eigenvalue weighted by atomic mass is 32.2. The molecule has 4 aromatic carbocycles. The predicted octanol–water partition coefficient (Wildman–Crippen LogP) is 4.12. The Kier molecular flexibility index (Phi) is 11.1. The fraction of sp³-hybridized carbons (Fsp3) is 0.289. The Labute approximate surface area is 308 Å². The molecule has 1 saturated heterocycles. The van der Waals surface area contributed by atoms with Crippen LogP contribution >= 0.6 is 0 Å². The van der Waals surface area contributed by atoms with Crippen LogP contribution in [-0.2, 0) is 34.4 Å². The molecule has 0 aliphatic carbocycles. The van der Waals surface area contributed by atoms with Crippen molar-refractivity contribution < 1.29 is 36.3 Å². The maximum Gasteiger partial charge on any atom is 0.323 e. The zero-order valence-corrected chi connectivity index (χ0v) is 31.1. The maximum atomic E-state index is 14.2. The number of anilines is 1. The van der Waals surface area contributed by atoms with Gasteiger partial charge in [0.25, 0.3) is 0 Å². The second kappa shape index (κ2) is 15.6. The SMILES string of the molecule is Cc1cc(C)c(S(=O)(=O)NC(CNC(=O)COC2CC(CNc3cccnc3)N(S(=O)(=O)c3ccc4cc5ccccc5cc4c3)C2)C(=O)O)c(C)c1. The largest absolute Gasteiger partial charge is 0.480 e. The summed E-state index contributed by atoms with van der Waals surface area (Å²) in [6, 6.07) is 21.7.